The normalized spacial score (nSPS) is 12.6. The Morgan fingerprint density at radius 1 is 1.15 bits per heavy atom. The zero-order chi connectivity index (χ0) is 14.8. The highest BCUT2D eigenvalue weighted by Crippen LogP contribution is 2.18. The lowest BCUT2D eigenvalue weighted by atomic mass is 9.99. The van der Waals surface area contributed by atoms with Crippen LogP contribution in [0.25, 0.3) is 0 Å². The largest absolute Gasteiger partial charge is 0.317 e. The molecule has 0 bridgehead atoms. The molecule has 1 atom stereocenters. The van der Waals surface area contributed by atoms with Gasteiger partial charge < -0.3 is 5.32 Å². The standard InChI is InChI=1S/C17H27ClFN/c1-3-4-5-6-7-8-9-15(20-2)12-14-10-11-16(18)17(19)13-14/h10-11,13,15,20H,3-9,12H2,1-2H3. The smallest absolute Gasteiger partial charge is 0.142 e. The number of hydrogen-bond donors (Lipinski definition) is 1. The molecule has 0 saturated heterocycles. The Morgan fingerprint density at radius 2 is 1.85 bits per heavy atom. The molecule has 0 spiro atoms. The van der Waals surface area contributed by atoms with Crippen LogP contribution in [0.4, 0.5) is 4.39 Å². The summed E-state index contributed by atoms with van der Waals surface area (Å²) in [6.07, 6.45) is 9.87. The second kappa shape index (κ2) is 10.2. The van der Waals surface area contributed by atoms with E-state index >= 15 is 0 Å². The summed E-state index contributed by atoms with van der Waals surface area (Å²) >= 11 is 5.70. The van der Waals surface area contributed by atoms with Gasteiger partial charge in [-0.2, -0.15) is 0 Å². The summed E-state index contributed by atoms with van der Waals surface area (Å²) in [5.74, 6) is -0.321. The van der Waals surface area contributed by atoms with Crippen molar-refractivity contribution in [2.24, 2.45) is 0 Å². The van der Waals surface area contributed by atoms with E-state index in [-0.39, 0.29) is 10.8 Å². The van der Waals surface area contributed by atoms with Crippen LogP contribution in [0, 0.1) is 5.82 Å². The molecule has 0 fully saturated rings. The first-order valence-electron chi connectivity index (χ1n) is 7.78. The molecule has 0 aliphatic rings. The van der Waals surface area contributed by atoms with E-state index in [1.54, 1.807) is 12.1 Å². The van der Waals surface area contributed by atoms with Crippen LogP contribution in [0.15, 0.2) is 18.2 Å². The third kappa shape index (κ3) is 6.71. The van der Waals surface area contributed by atoms with Crippen LogP contribution >= 0.6 is 11.6 Å². The number of likely N-dealkylation sites (N-methyl/N-ethyl adjacent to an activating group) is 1. The van der Waals surface area contributed by atoms with Crippen LogP contribution < -0.4 is 5.32 Å². The average molecular weight is 300 g/mol. The zero-order valence-corrected chi connectivity index (χ0v) is 13.5. The minimum Gasteiger partial charge on any atom is -0.317 e. The first-order valence-corrected chi connectivity index (χ1v) is 8.16. The van der Waals surface area contributed by atoms with E-state index < -0.39 is 0 Å². The Morgan fingerprint density at radius 3 is 2.50 bits per heavy atom. The van der Waals surface area contributed by atoms with Crippen molar-refractivity contribution in [1.82, 2.24) is 5.32 Å². The number of benzene rings is 1. The van der Waals surface area contributed by atoms with Crippen molar-refractivity contribution in [2.45, 2.75) is 64.3 Å². The minimum atomic E-state index is -0.321. The molecule has 1 nitrogen and oxygen atoms in total. The van der Waals surface area contributed by atoms with Gasteiger partial charge in [0.05, 0.1) is 5.02 Å². The zero-order valence-electron chi connectivity index (χ0n) is 12.7. The minimum absolute atomic E-state index is 0.200. The van der Waals surface area contributed by atoms with E-state index in [2.05, 4.69) is 12.2 Å². The Bertz CT molecular complexity index is 381. The first-order chi connectivity index (χ1) is 9.67. The van der Waals surface area contributed by atoms with Gasteiger partial charge in [-0.25, -0.2) is 4.39 Å². The molecule has 0 aliphatic carbocycles. The summed E-state index contributed by atoms with van der Waals surface area (Å²) in [5.41, 5.74) is 1.01. The molecule has 0 saturated carbocycles. The summed E-state index contributed by atoms with van der Waals surface area (Å²) in [7, 11) is 1.98. The Kier molecular flexibility index (Phi) is 8.88. The molecule has 1 unspecified atom stereocenters. The van der Waals surface area contributed by atoms with E-state index in [4.69, 9.17) is 11.6 Å². The van der Waals surface area contributed by atoms with Crippen molar-refractivity contribution in [1.29, 1.82) is 0 Å². The van der Waals surface area contributed by atoms with Gasteiger partial charge in [-0.15, -0.1) is 0 Å². The highest BCUT2D eigenvalue weighted by atomic mass is 35.5. The molecular weight excluding hydrogens is 273 g/mol. The van der Waals surface area contributed by atoms with Crippen molar-refractivity contribution in [3.63, 3.8) is 0 Å². The SMILES string of the molecule is CCCCCCCCC(Cc1ccc(Cl)c(F)c1)NC. The predicted octanol–water partition coefficient (Wildman–Crippen LogP) is 5.36. The van der Waals surface area contributed by atoms with E-state index in [0.717, 1.165) is 18.4 Å². The van der Waals surface area contributed by atoms with Crippen molar-refractivity contribution in [2.75, 3.05) is 7.05 Å². The number of rotatable bonds is 10. The quantitative estimate of drug-likeness (QED) is 0.573. The fourth-order valence-electron chi connectivity index (χ4n) is 2.47. The molecule has 0 amide bonds. The van der Waals surface area contributed by atoms with Crippen molar-refractivity contribution in [3.05, 3.63) is 34.6 Å². The fourth-order valence-corrected chi connectivity index (χ4v) is 2.59. The molecule has 3 heteroatoms. The van der Waals surface area contributed by atoms with Gasteiger partial charge in [0.2, 0.25) is 0 Å². The van der Waals surface area contributed by atoms with Crippen molar-refractivity contribution >= 4 is 11.6 Å². The van der Waals surface area contributed by atoms with Gasteiger partial charge in [-0.3, -0.25) is 0 Å². The molecule has 0 heterocycles. The molecule has 0 aliphatic heterocycles. The Hall–Kier alpha value is -0.600. The van der Waals surface area contributed by atoms with Gasteiger partial charge >= 0.3 is 0 Å². The summed E-state index contributed by atoms with van der Waals surface area (Å²) in [5, 5.41) is 3.53. The van der Waals surface area contributed by atoms with Gasteiger partial charge in [0.15, 0.2) is 0 Å². The monoisotopic (exact) mass is 299 g/mol. The number of halogens is 2. The van der Waals surface area contributed by atoms with Crippen LogP contribution in [0.2, 0.25) is 5.02 Å². The van der Waals surface area contributed by atoms with Crippen LogP contribution in [-0.2, 0) is 6.42 Å². The van der Waals surface area contributed by atoms with Gasteiger partial charge in [-0.1, -0.05) is 63.1 Å². The molecule has 1 rings (SSSR count). The number of hydrogen-bond acceptors (Lipinski definition) is 1. The first kappa shape index (κ1) is 17.5. The van der Waals surface area contributed by atoms with Gasteiger partial charge in [0.1, 0.15) is 5.82 Å². The maximum atomic E-state index is 13.4. The fraction of sp³-hybridized carbons (Fsp3) is 0.647. The Balaban J connectivity index is 2.29. The molecule has 20 heavy (non-hydrogen) atoms. The maximum Gasteiger partial charge on any atom is 0.142 e. The maximum absolute atomic E-state index is 13.4. The molecule has 0 aromatic heterocycles. The lowest BCUT2D eigenvalue weighted by molar-refractivity contribution is 0.479. The summed E-state index contributed by atoms with van der Waals surface area (Å²) in [4.78, 5) is 0. The van der Waals surface area contributed by atoms with Crippen molar-refractivity contribution < 1.29 is 4.39 Å². The molecule has 0 radical (unpaired) electrons. The van der Waals surface area contributed by atoms with E-state index in [9.17, 15) is 4.39 Å². The van der Waals surface area contributed by atoms with Crippen LogP contribution in [0.5, 0.6) is 0 Å². The second-order valence-corrected chi connectivity index (χ2v) is 5.90. The number of unbranched alkanes of at least 4 members (excludes halogenated alkanes) is 5. The topological polar surface area (TPSA) is 12.0 Å². The molecule has 1 aromatic carbocycles. The van der Waals surface area contributed by atoms with Gasteiger partial charge in [0.25, 0.3) is 0 Å². The van der Waals surface area contributed by atoms with Crippen LogP contribution in [0.1, 0.15) is 57.4 Å². The lowest BCUT2D eigenvalue weighted by Gasteiger charge is -2.16. The molecule has 1 aromatic rings. The van der Waals surface area contributed by atoms with E-state index in [0.29, 0.717) is 6.04 Å². The molecule has 114 valence electrons. The number of nitrogens with one attached hydrogen (secondary N) is 1. The lowest BCUT2D eigenvalue weighted by Crippen LogP contribution is -2.27. The molecular formula is C17H27ClFN. The summed E-state index contributed by atoms with van der Waals surface area (Å²) < 4.78 is 13.4. The van der Waals surface area contributed by atoms with Crippen molar-refractivity contribution in [3.8, 4) is 0 Å². The average Bonchev–Trinajstić information content (AvgIpc) is 2.45. The van der Waals surface area contributed by atoms with E-state index in [1.807, 2.05) is 13.1 Å². The van der Waals surface area contributed by atoms with Gasteiger partial charge in [0, 0.05) is 6.04 Å². The van der Waals surface area contributed by atoms with E-state index in [1.165, 1.54) is 38.5 Å². The third-order valence-electron chi connectivity index (χ3n) is 3.78. The molecule has 1 N–H and O–H groups in total. The summed E-state index contributed by atoms with van der Waals surface area (Å²) in [6.45, 7) is 2.24. The van der Waals surface area contributed by atoms with Gasteiger partial charge in [-0.05, 0) is 37.6 Å². The Labute approximate surface area is 127 Å². The highest BCUT2D eigenvalue weighted by molar-refractivity contribution is 6.30. The van der Waals surface area contributed by atoms with Crippen LogP contribution in [0.3, 0.4) is 0 Å². The highest BCUT2D eigenvalue weighted by Gasteiger charge is 2.09. The third-order valence-corrected chi connectivity index (χ3v) is 4.09. The predicted molar refractivity (Wildman–Crippen MR) is 86.0 cm³/mol. The summed E-state index contributed by atoms with van der Waals surface area (Å²) in [6, 6.07) is 5.52. The van der Waals surface area contributed by atoms with Crippen LogP contribution in [-0.4, -0.2) is 13.1 Å². The second-order valence-electron chi connectivity index (χ2n) is 5.49.